The van der Waals surface area contributed by atoms with E-state index < -0.39 is 0 Å². The largest absolute Gasteiger partial charge is 0.469 e. The fraction of sp³-hybridized carbons (Fsp3) is 0.944. The van der Waals surface area contributed by atoms with Crippen LogP contribution in [0.4, 0.5) is 0 Å². The van der Waals surface area contributed by atoms with Crippen LogP contribution in [0.2, 0.25) is 0 Å². The summed E-state index contributed by atoms with van der Waals surface area (Å²) < 4.78 is 9.67. The summed E-state index contributed by atoms with van der Waals surface area (Å²) in [5.74, 6) is -0.0720. The van der Waals surface area contributed by atoms with Crippen molar-refractivity contribution in [3.05, 3.63) is 0 Å². The topological polar surface area (TPSA) is 35.5 Å². The lowest BCUT2D eigenvalue weighted by molar-refractivity contribution is -0.140. The smallest absolute Gasteiger partial charge is 0.305 e. The van der Waals surface area contributed by atoms with Crippen molar-refractivity contribution in [1.29, 1.82) is 0 Å². The number of hydrogen-bond acceptors (Lipinski definition) is 3. The molecule has 0 heterocycles. The molecule has 0 spiro atoms. The van der Waals surface area contributed by atoms with Crippen LogP contribution in [0.1, 0.15) is 89.9 Å². The van der Waals surface area contributed by atoms with Gasteiger partial charge in [0.2, 0.25) is 0 Å². The lowest BCUT2D eigenvalue weighted by Gasteiger charge is -2.03. The second-order valence-corrected chi connectivity index (χ2v) is 5.92. The highest BCUT2D eigenvalue weighted by atomic mass is 16.5. The summed E-state index contributed by atoms with van der Waals surface area (Å²) >= 11 is 0. The van der Waals surface area contributed by atoms with Crippen LogP contribution in [0.15, 0.2) is 0 Å². The highest BCUT2D eigenvalue weighted by Crippen LogP contribution is 2.13. The lowest BCUT2D eigenvalue weighted by atomic mass is 10.0. The van der Waals surface area contributed by atoms with Crippen molar-refractivity contribution < 1.29 is 14.3 Å². The highest BCUT2D eigenvalue weighted by Gasteiger charge is 1.99. The molecule has 0 radical (unpaired) electrons. The highest BCUT2D eigenvalue weighted by molar-refractivity contribution is 5.68. The molecule has 0 saturated heterocycles. The molecule has 0 saturated carbocycles. The van der Waals surface area contributed by atoms with Crippen LogP contribution in [-0.4, -0.2) is 26.8 Å². The van der Waals surface area contributed by atoms with E-state index in [-0.39, 0.29) is 5.97 Å². The summed E-state index contributed by atoms with van der Waals surface area (Å²) in [4.78, 5) is 10.9. The van der Waals surface area contributed by atoms with Gasteiger partial charge in [0.1, 0.15) is 0 Å². The Morgan fingerprint density at radius 2 is 1.00 bits per heavy atom. The molecule has 0 bridgehead atoms. The van der Waals surface area contributed by atoms with Crippen molar-refractivity contribution in [1.82, 2.24) is 0 Å². The van der Waals surface area contributed by atoms with E-state index in [9.17, 15) is 4.79 Å². The number of hydrogen-bond donors (Lipinski definition) is 0. The maximum Gasteiger partial charge on any atom is 0.305 e. The van der Waals surface area contributed by atoms with Gasteiger partial charge in [0.05, 0.1) is 7.11 Å². The zero-order chi connectivity index (χ0) is 15.6. The van der Waals surface area contributed by atoms with Crippen LogP contribution in [0.5, 0.6) is 0 Å². The molecule has 126 valence electrons. The SMILES string of the molecule is COCCCCCCCCCCCCCCCC(=O)OC. The summed E-state index contributed by atoms with van der Waals surface area (Å²) in [6.45, 7) is 0.916. The third kappa shape index (κ3) is 17.4. The molecular weight excluding hydrogens is 264 g/mol. The Labute approximate surface area is 131 Å². The van der Waals surface area contributed by atoms with Crippen LogP contribution >= 0.6 is 0 Å². The van der Waals surface area contributed by atoms with E-state index in [4.69, 9.17) is 4.74 Å². The number of esters is 1. The number of ether oxygens (including phenoxy) is 2. The predicted molar refractivity (Wildman–Crippen MR) is 88.5 cm³/mol. The third-order valence-corrected chi connectivity index (χ3v) is 3.96. The molecule has 0 aliphatic carbocycles. The molecular formula is C18H36O3. The zero-order valence-electron chi connectivity index (χ0n) is 14.3. The van der Waals surface area contributed by atoms with Gasteiger partial charge in [0.25, 0.3) is 0 Å². The van der Waals surface area contributed by atoms with Gasteiger partial charge in [-0.25, -0.2) is 0 Å². The van der Waals surface area contributed by atoms with Crippen LogP contribution in [0, 0.1) is 0 Å². The van der Waals surface area contributed by atoms with Gasteiger partial charge in [-0.1, -0.05) is 70.6 Å². The second kappa shape index (κ2) is 17.5. The zero-order valence-corrected chi connectivity index (χ0v) is 14.3. The minimum Gasteiger partial charge on any atom is -0.469 e. The average Bonchev–Trinajstić information content (AvgIpc) is 2.50. The first-order valence-corrected chi connectivity index (χ1v) is 8.87. The van der Waals surface area contributed by atoms with Gasteiger partial charge in [0, 0.05) is 20.1 Å². The van der Waals surface area contributed by atoms with E-state index in [0.29, 0.717) is 6.42 Å². The molecule has 0 aromatic carbocycles. The standard InChI is InChI=1S/C18H36O3/c1-20-17-15-13-11-9-7-5-3-4-6-8-10-12-14-16-18(19)21-2/h3-17H2,1-2H3. The monoisotopic (exact) mass is 300 g/mol. The fourth-order valence-electron chi connectivity index (χ4n) is 2.56. The number of methoxy groups -OCH3 is 2. The summed E-state index contributed by atoms with van der Waals surface area (Å²) in [5, 5.41) is 0. The van der Waals surface area contributed by atoms with Gasteiger partial charge in [-0.2, -0.15) is 0 Å². The molecule has 0 aromatic heterocycles. The average molecular weight is 300 g/mol. The minimum atomic E-state index is -0.0720. The second-order valence-electron chi connectivity index (χ2n) is 5.92. The van der Waals surface area contributed by atoms with Gasteiger partial charge in [0.15, 0.2) is 0 Å². The van der Waals surface area contributed by atoms with E-state index in [2.05, 4.69) is 4.74 Å². The predicted octanol–water partition coefficient (Wildman–Crippen LogP) is 5.27. The Morgan fingerprint density at radius 1 is 0.619 bits per heavy atom. The molecule has 3 nitrogen and oxygen atoms in total. The summed E-state index contributed by atoms with van der Waals surface area (Å²) in [6, 6.07) is 0. The van der Waals surface area contributed by atoms with E-state index in [1.807, 2.05) is 0 Å². The van der Waals surface area contributed by atoms with Crippen LogP contribution in [0.3, 0.4) is 0 Å². The lowest BCUT2D eigenvalue weighted by Crippen LogP contribution is -1.99. The quantitative estimate of drug-likeness (QED) is 0.288. The van der Waals surface area contributed by atoms with Crippen molar-refractivity contribution in [2.45, 2.75) is 89.9 Å². The van der Waals surface area contributed by atoms with Gasteiger partial charge in [-0.3, -0.25) is 4.79 Å². The van der Waals surface area contributed by atoms with Gasteiger partial charge >= 0.3 is 5.97 Å². The van der Waals surface area contributed by atoms with E-state index in [1.165, 1.54) is 77.7 Å². The van der Waals surface area contributed by atoms with Crippen molar-refractivity contribution in [2.24, 2.45) is 0 Å². The molecule has 0 N–H and O–H groups in total. The molecule has 0 rings (SSSR count). The maximum atomic E-state index is 10.9. The van der Waals surface area contributed by atoms with E-state index in [1.54, 1.807) is 7.11 Å². The number of unbranched alkanes of at least 4 members (excludes halogenated alkanes) is 12. The third-order valence-electron chi connectivity index (χ3n) is 3.96. The van der Waals surface area contributed by atoms with Crippen LogP contribution in [-0.2, 0) is 14.3 Å². The van der Waals surface area contributed by atoms with Gasteiger partial charge < -0.3 is 9.47 Å². The molecule has 3 heteroatoms. The van der Waals surface area contributed by atoms with Crippen LogP contribution < -0.4 is 0 Å². The summed E-state index contributed by atoms with van der Waals surface area (Å²) in [7, 11) is 3.24. The van der Waals surface area contributed by atoms with Gasteiger partial charge in [-0.15, -0.1) is 0 Å². The Hall–Kier alpha value is -0.570. The Balaban J connectivity index is 2.98. The molecule has 0 amide bonds. The van der Waals surface area contributed by atoms with Crippen molar-refractivity contribution in [3.8, 4) is 0 Å². The van der Waals surface area contributed by atoms with Crippen molar-refractivity contribution >= 4 is 5.97 Å². The molecule has 21 heavy (non-hydrogen) atoms. The Morgan fingerprint density at radius 3 is 1.38 bits per heavy atom. The number of rotatable bonds is 16. The Kier molecular flexibility index (Phi) is 17.0. The molecule has 0 aliphatic heterocycles. The maximum absolute atomic E-state index is 10.9. The van der Waals surface area contributed by atoms with E-state index >= 15 is 0 Å². The summed E-state index contributed by atoms with van der Waals surface area (Å²) in [5.41, 5.74) is 0. The molecule has 0 atom stereocenters. The molecule has 0 fully saturated rings. The first-order valence-electron chi connectivity index (χ1n) is 8.87. The van der Waals surface area contributed by atoms with Gasteiger partial charge in [-0.05, 0) is 12.8 Å². The summed E-state index contributed by atoms with van der Waals surface area (Å²) in [6.07, 6.45) is 17.5. The Bertz CT molecular complexity index is 217. The van der Waals surface area contributed by atoms with E-state index in [0.717, 1.165) is 19.4 Å². The molecule has 0 aromatic rings. The molecule has 0 unspecified atom stereocenters. The normalized spacial score (nSPS) is 10.8. The first-order chi connectivity index (χ1) is 10.3. The van der Waals surface area contributed by atoms with Crippen LogP contribution in [0.25, 0.3) is 0 Å². The number of carbonyl (C=O) groups excluding carboxylic acids is 1. The minimum absolute atomic E-state index is 0.0720. The molecule has 0 aliphatic rings. The number of carbonyl (C=O) groups is 1. The first kappa shape index (κ1) is 20.4. The van der Waals surface area contributed by atoms with Crippen molar-refractivity contribution in [3.63, 3.8) is 0 Å². The fourth-order valence-corrected chi connectivity index (χ4v) is 2.56. The van der Waals surface area contributed by atoms with Crippen molar-refractivity contribution in [2.75, 3.05) is 20.8 Å².